The van der Waals surface area contributed by atoms with Gasteiger partial charge in [0.2, 0.25) is 0 Å². The number of benzene rings is 2. The molecule has 1 heterocycles. The number of rotatable bonds is 4. The van der Waals surface area contributed by atoms with Gasteiger partial charge in [-0.15, -0.1) is 0 Å². The molecule has 162 valence electrons. The molecule has 0 radical (unpaired) electrons. The zero-order valence-corrected chi connectivity index (χ0v) is 17.8. The highest BCUT2D eigenvalue weighted by Crippen LogP contribution is 2.33. The van der Waals surface area contributed by atoms with Gasteiger partial charge in [-0.3, -0.25) is 0 Å². The molecular weight excluding hydrogens is 416 g/mol. The number of amides is 1. The third-order valence-corrected chi connectivity index (χ3v) is 4.70. The first-order valence-electron chi connectivity index (χ1n) is 9.59. The quantitative estimate of drug-likeness (QED) is 0.642. The molecule has 0 N–H and O–H groups in total. The fourth-order valence-corrected chi connectivity index (χ4v) is 3.31. The van der Waals surface area contributed by atoms with Gasteiger partial charge in [0.15, 0.2) is 6.10 Å². The van der Waals surface area contributed by atoms with Crippen LogP contribution in [0.1, 0.15) is 32.4 Å². The van der Waals surface area contributed by atoms with Crippen LogP contribution >= 0.6 is 11.6 Å². The van der Waals surface area contributed by atoms with Crippen molar-refractivity contribution in [2.75, 3.05) is 19.7 Å². The van der Waals surface area contributed by atoms with Crippen LogP contribution in [-0.2, 0) is 9.47 Å². The lowest BCUT2D eigenvalue weighted by atomic mass is 10.0. The molecule has 0 spiro atoms. The fraction of sp³-hybridized carbons (Fsp3) is 0.409. The molecule has 0 bridgehead atoms. The molecule has 1 fully saturated rings. The van der Waals surface area contributed by atoms with Crippen molar-refractivity contribution >= 4 is 17.7 Å². The number of ether oxygens (including phenoxy) is 3. The monoisotopic (exact) mass is 439 g/mol. The van der Waals surface area contributed by atoms with Gasteiger partial charge in [0.25, 0.3) is 0 Å². The van der Waals surface area contributed by atoms with E-state index in [1.165, 1.54) is 29.2 Å². The SMILES string of the molecule is CC(C)(C)OC(=O)N1CCOC(C(Oc2ccc(F)cc2Cl)c2cccc(F)c2)C1. The Balaban J connectivity index is 1.86. The normalized spacial score (nSPS) is 18.1. The summed E-state index contributed by atoms with van der Waals surface area (Å²) in [6, 6.07) is 9.66. The van der Waals surface area contributed by atoms with Crippen molar-refractivity contribution in [1.29, 1.82) is 0 Å². The summed E-state index contributed by atoms with van der Waals surface area (Å²) in [6.45, 7) is 6.16. The first kappa shape index (κ1) is 22.3. The summed E-state index contributed by atoms with van der Waals surface area (Å²) in [4.78, 5) is 14.0. The lowest BCUT2D eigenvalue weighted by molar-refractivity contribution is -0.0837. The van der Waals surface area contributed by atoms with Crippen molar-refractivity contribution in [2.24, 2.45) is 0 Å². The third-order valence-electron chi connectivity index (χ3n) is 4.41. The lowest BCUT2D eigenvalue weighted by Crippen LogP contribution is -2.50. The van der Waals surface area contributed by atoms with Crippen molar-refractivity contribution in [3.05, 3.63) is 64.7 Å². The topological polar surface area (TPSA) is 48.0 Å². The number of hydrogen-bond acceptors (Lipinski definition) is 4. The molecule has 2 aromatic carbocycles. The molecule has 1 saturated heterocycles. The van der Waals surface area contributed by atoms with E-state index in [4.69, 9.17) is 25.8 Å². The summed E-state index contributed by atoms with van der Waals surface area (Å²) in [5, 5.41) is 0.0798. The Hall–Kier alpha value is -2.38. The van der Waals surface area contributed by atoms with Crippen LogP contribution in [0, 0.1) is 11.6 Å². The van der Waals surface area contributed by atoms with Crippen LogP contribution in [0.3, 0.4) is 0 Å². The molecule has 1 amide bonds. The van der Waals surface area contributed by atoms with Gasteiger partial charge in [0.05, 0.1) is 18.2 Å². The van der Waals surface area contributed by atoms with Crippen LogP contribution in [0.25, 0.3) is 0 Å². The van der Waals surface area contributed by atoms with Gasteiger partial charge in [0.1, 0.15) is 29.1 Å². The Labute approximate surface area is 179 Å². The summed E-state index contributed by atoms with van der Waals surface area (Å²) < 4.78 is 44.7. The Morgan fingerprint density at radius 3 is 2.60 bits per heavy atom. The molecule has 0 saturated carbocycles. The molecule has 0 aliphatic carbocycles. The summed E-state index contributed by atoms with van der Waals surface area (Å²) >= 11 is 6.12. The number of morpholine rings is 1. The second-order valence-corrected chi connectivity index (χ2v) is 8.41. The van der Waals surface area contributed by atoms with E-state index in [2.05, 4.69) is 0 Å². The first-order valence-corrected chi connectivity index (χ1v) is 9.97. The first-order chi connectivity index (χ1) is 14.1. The highest BCUT2D eigenvalue weighted by atomic mass is 35.5. The van der Waals surface area contributed by atoms with Crippen molar-refractivity contribution in [1.82, 2.24) is 4.90 Å². The molecular formula is C22H24ClF2NO4. The number of carbonyl (C=O) groups is 1. The van der Waals surface area contributed by atoms with E-state index in [-0.39, 0.29) is 23.9 Å². The van der Waals surface area contributed by atoms with Crippen molar-refractivity contribution in [2.45, 2.75) is 38.6 Å². The smallest absolute Gasteiger partial charge is 0.410 e. The average molecular weight is 440 g/mol. The van der Waals surface area contributed by atoms with E-state index in [1.807, 2.05) is 0 Å². The predicted octanol–water partition coefficient (Wildman–Crippen LogP) is 5.37. The van der Waals surface area contributed by atoms with Gasteiger partial charge in [-0.1, -0.05) is 23.7 Å². The van der Waals surface area contributed by atoms with Gasteiger partial charge in [-0.05, 0) is 56.7 Å². The Morgan fingerprint density at radius 1 is 1.20 bits per heavy atom. The molecule has 8 heteroatoms. The van der Waals surface area contributed by atoms with Gasteiger partial charge < -0.3 is 19.1 Å². The Bertz CT molecular complexity index is 903. The van der Waals surface area contributed by atoms with E-state index >= 15 is 0 Å². The maximum atomic E-state index is 13.9. The van der Waals surface area contributed by atoms with Crippen molar-refractivity contribution in [3.63, 3.8) is 0 Å². The minimum absolute atomic E-state index is 0.0798. The van der Waals surface area contributed by atoms with Crippen molar-refractivity contribution < 1.29 is 27.8 Å². The van der Waals surface area contributed by atoms with Crippen LogP contribution < -0.4 is 4.74 Å². The number of nitrogens with zero attached hydrogens (tertiary/aromatic N) is 1. The molecule has 30 heavy (non-hydrogen) atoms. The molecule has 2 unspecified atom stereocenters. The third kappa shape index (κ3) is 5.83. The largest absolute Gasteiger partial charge is 0.481 e. The van der Waals surface area contributed by atoms with Crippen LogP contribution in [0.2, 0.25) is 5.02 Å². The second kappa shape index (κ2) is 9.18. The van der Waals surface area contributed by atoms with Gasteiger partial charge >= 0.3 is 6.09 Å². The van der Waals surface area contributed by atoms with E-state index in [9.17, 15) is 13.6 Å². The maximum Gasteiger partial charge on any atom is 0.410 e. The number of hydrogen-bond donors (Lipinski definition) is 0. The highest BCUT2D eigenvalue weighted by molar-refractivity contribution is 6.32. The predicted molar refractivity (Wildman–Crippen MR) is 109 cm³/mol. The fourth-order valence-electron chi connectivity index (χ4n) is 3.10. The van der Waals surface area contributed by atoms with E-state index < -0.39 is 35.5 Å². The van der Waals surface area contributed by atoms with Crippen LogP contribution in [0.5, 0.6) is 5.75 Å². The summed E-state index contributed by atoms with van der Waals surface area (Å²) in [5.41, 5.74) is -0.128. The summed E-state index contributed by atoms with van der Waals surface area (Å²) in [6.07, 6.45) is -1.86. The zero-order valence-electron chi connectivity index (χ0n) is 17.0. The minimum atomic E-state index is -0.783. The number of halogens is 3. The van der Waals surface area contributed by atoms with Crippen LogP contribution in [0.4, 0.5) is 13.6 Å². The van der Waals surface area contributed by atoms with E-state index in [1.54, 1.807) is 32.9 Å². The van der Waals surface area contributed by atoms with Crippen LogP contribution in [0.15, 0.2) is 42.5 Å². The second-order valence-electron chi connectivity index (χ2n) is 8.00. The number of carbonyl (C=O) groups excluding carboxylic acids is 1. The zero-order chi connectivity index (χ0) is 21.9. The molecule has 2 aromatic rings. The standard InChI is InChI=1S/C22H24ClF2NO4/c1-22(2,3)30-21(27)26-9-10-28-19(13-26)20(14-5-4-6-15(24)11-14)29-18-8-7-16(25)12-17(18)23/h4-8,11-12,19-20H,9-10,13H2,1-3H3. The van der Waals surface area contributed by atoms with Gasteiger partial charge in [-0.25, -0.2) is 13.6 Å². The maximum absolute atomic E-state index is 13.9. The highest BCUT2D eigenvalue weighted by Gasteiger charge is 2.35. The Morgan fingerprint density at radius 2 is 1.93 bits per heavy atom. The molecule has 2 atom stereocenters. The summed E-state index contributed by atoms with van der Waals surface area (Å²) in [5.74, 6) is -0.712. The molecule has 1 aliphatic rings. The van der Waals surface area contributed by atoms with Gasteiger partial charge in [0, 0.05) is 6.54 Å². The van der Waals surface area contributed by atoms with Gasteiger partial charge in [-0.2, -0.15) is 0 Å². The molecule has 1 aliphatic heterocycles. The molecule has 5 nitrogen and oxygen atoms in total. The molecule has 3 rings (SSSR count). The molecule has 0 aromatic heterocycles. The Kier molecular flexibility index (Phi) is 6.83. The van der Waals surface area contributed by atoms with E-state index in [0.29, 0.717) is 12.1 Å². The van der Waals surface area contributed by atoms with Crippen LogP contribution in [-0.4, -0.2) is 42.4 Å². The average Bonchev–Trinajstić information content (AvgIpc) is 2.66. The van der Waals surface area contributed by atoms with E-state index in [0.717, 1.165) is 6.07 Å². The lowest BCUT2D eigenvalue weighted by Gasteiger charge is -2.37. The summed E-state index contributed by atoms with van der Waals surface area (Å²) in [7, 11) is 0. The van der Waals surface area contributed by atoms with Crippen molar-refractivity contribution in [3.8, 4) is 5.75 Å². The minimum Gasteiger partial charge on any atom is -0.481 e.